The molecule has 7 aliphatic rings. The molecule has 3 N–H and O–H groups in total. The van der Waals surface area contributed by atoms with Gasteiger partial charge in [0.05, 0.1) is 12.1 Å². The summed E-state index contributed by atoms with van der Waals surface area (Å²) in [4.78, 5) is 16.3. The SMILES string of the molecule is O=C(NCc1ccccc1)[C@@]12C[C@@]34C=C1[C@]2(O)[C@@H]1Oc2c(O)ccc5c2C13CCN(CCCF)C4C5. The number of hydrogen-bond acceptors (Lipinski definition) is 5. The number of alkyl halides is 1. The van der Waals surface area contributed by atoms with E-state index >= 15 is 0 Å². The van der Waals surface area contributed by atoms with E-state index in [1.165, 1.54) is 0 Å². The molecule has 7 heteroatoms. The third kappa shape index (κ3) is 2.02. The summed E-state index contributed by atoms with van der Waals surface area (Å²) in [5.41, 5.74) is 0.638. The van der Waals surface area contributed by atoms with Gasteiger partial charge in [-0.15, -0.1) is 0 Å². The van der Waals surface area contributed by atoms with Crippen molar-refractivity contribution >= 4 is 5.91 Å². The summed E-state index contributed by atoms with van der Waals surface area (Å²) in [5, 5.41) is 26.1. The van der Waals surface area contributed by atoms with Crippen LogP contribution in [-0.2, 0) is 23.2 Å². The first kappa shape index (κ1) is 21.2. The number of nitrogens with one attached hydrogen (secondary N) is 1. The monoisotopic (exact) mass is 488 g/mol. The van der Waals surface area contributed by atoms with Gasteiger partial charge in [-0.2, -0.15) is 0 Å². The van der Waals surface area contributed by atoms with Crippen molar-refractivity contribution in [1.29, 1.82) is 0 Å². The van der Waals surface area contributed by atoms with Gasteiger partial charge in [0, 0.05) is 30.1 Å². The highest BCUT2D eigenvalue weighted by Crippen LogP contribution is 2.87. The van der Waals surface area contributed by atoms with Crippen molar-refractivity contribution in [3.05, 3.63) is 70.8 Å². The normalized spacial score (nSPS) is 39.8. The Hall–Kier alpha value is -2.90. The second-order valence-corrected chi connectivity index (χ2v) is 11.6. The number of amides is 1. The lowest BCUT2D eigenvalue weighted by molar-refractivity contribution is -0.173. The Balaban J connectivity index is 1.25. The molecule has 0 radical (unpaired) electrons. The molecule has 36 heavy (non-hydrogen) atoms. The lowest BCUT2D eigenvalue weighted by Crippen LogP contribution is -2.75. The topological polar surface area (TPSA) is 82.0 Å². The average Bonchev–Trinajstić information content (AvgIpc) is 3.17. The van der Waals surface area contributed by atoms with Crippen molar-refractivity contribution in [3.63, 3.8) is 0 Å². The summed E-state index contributed by atoms with van der Waals surface area (Å²) in [6.07, 6.45) is 4.11. The lowest BCUT2D eigenvalue weighted by Gasteiger charge is -2.66. The number of benzene rings is 2. The van der Waals surface area contributed by atoms with Crippen molar-refractivity contribution in [2.24, 2.45) is 10.8 Å². The Bertz CT molecular complexity index is 1360. The fourth-order valence-electron chi connectivity index (χ4n) is 9.17. The van der Waals surface area contributed by atoms with E-state index in [9.17, 15) is 19.4 Å². The molecule has 186 valence electrons. The minimum Gasteiger partial charge on any atom is -0.504 e. The molecule has 6 atom stereocenters. The van der Waals surface area contributed by atoms with Gasteiger partial charge in [-0.25, -0.2) is 0 Å². The molecule has 2 heterocycles. The van der Waals surface area contributed by atoms with Crippen molar-refractivity contribution in [1.82, 2.24) is 10.2 Å². The number of carbonyl (C=O) groups is 1. The molecule has 2 aromatic carbocycles. The van der Waals surface area contributed by atoms with E-state index in [0.717, 1.165) is 41.6 Å². The second-order valence-electron chi connectivity index (χ2n) is 11.6. The molecule has 1 saturated heterocycles. The zero-order chi connectivity index (χ0) is 24.5. The van der Waals surface area contributed by atoms with Gasteiger partial charge in [-0.1, -0.05) is 42.5 Å². The van der Waals surface area contributed by atoms with Crippen molar-refractivity contribution in [2.45, 2.75) is 55.4 Å². The Labute approximate surface area is 208 Å². The molecule has 0 aromatic heterocycles. The molecule has 2 saturated carbocycles. The Morgan fingerprint density at radius 2 is 2.06 bits per heavy atom. The number of aliphatic hydroxyl groups is 1. The van der Waals surface area contributed by atoms with Gasteiger partial charge in [-0.05, 0) is 55.0 Å². The van der Waals surface area contributed by atoms with E-state index in [4.69, 9.17) is 4.74 Å². The maximum absolute atomic E-state index is 13.9. The predicted molar refractivity (Wildman–Crippen MR) is 129 cm³/mol. The number of carbonyl (C=O) groups excluding carboxylic acids is 1. The fraction of sp³-hybridized carbons (Fsp3) is 0.483. The van der Waals surface area contributed by atoms with Gasteiger partial charge in [-0.3, -0.25) is 14.1 Å². The van der Waals surface area contributed by atoms with Gasteiger partial charge in [0.25, 0.3) is 0 Å². The van der Waals surface area contributed by atoms with Crippen LogP contribution in [0.3, 0.4) is 0 Å². The van der Waals surface area contributed by atoms with Crippen LogP contribution in [0.4, 0.5) is 4.39 Å². The number of rotatable bonds is 6. The van der Waals surface area contributed by atoms with Crippen LogP contribution in [-0.4, -0.2) is 58.5 Å². The van der Waals surface area contributed by atoms with Crippen LogP contribution in [0.5, 0.6) is 11.5 Å². The first-order valence-electron chi connectivity index (χ1n) is 13.0. The van der Waals surface area contributed by atoms with E-state index < -0.39 is 27.9 Å². The van der Waals surface area contributed by atoms with Crippen LogP contribution in [0.15, 0.2) is 54.1 Å². The number of phenolic OH excluding ortho intramolecular Hbond substituents is 1. The van der Waals surface area contributed by atoms with Gasteiger partial charge in [0.1, 0.15) is 17.1 Å². The van der Waals surface area contributed by atoms with Gasteiger partial charge >= 0.3 is 0 Å². The smallest absolute Gasteiger partial charge is 0.234 e. The third-order valence-corrected chi connectivity index (χ3v) is 10.5. The number of piperidine rings is 1. The largest absolute Gasteiger partial charge is 0.504 e. The number of phenols is 1. The highest BCUT2D eigenvalue weighted by molar-refractivity contribution is 5.99. The molecule has 2 aromatic rings. The number of aromatic hydroxyl groups is 1. The zero-order valence-corrected chi connectivity index (χ0v) is 20.0. The average molecular weight is 489 g/mol. The summed E-state index contributed by atoms with van der Waals surface area (Å²) in [7, 11) is 0. The van der Waals surface area contributed by atoms with Crippen LogP contribution in [0.2, 0.25) is 0 Å². The van der Waals surface area contributed by atoms with Crippen molar-refractivity contribution in [2.75, 3.05) is 19.8 Å². The maximum Gasteiger partial charge on any atom is 0.234 e. The van der Waals surface area contributed by atoms with E-state index in [1.54, 1.807) is 6.07 Å². The molecule has 6 bridgehead atoms. The van der Waals surface area contributed by atoms with Crippen LogP contribution in [0.1, 0.15) is 36.0 Å². The Morgan fingerprint density at radius 1 is 1.22 bits per heavy atom. The molecular weight excluding hydrogens is 459 g/mol. The van der Waals surface area contributed by atoms with Gasteiger partial charge in [0.2, 0.25) is 5.91 Å². The summed E-state index contributed by atoms with van der Waals surface area (Å²) in [6, 6.07) is 13.5. The third-order valence-electron chi connectivity index (χ3n) is 10.5. The zero-order valence-electron chi connectivity index (χ0n) is 20.0. The summed E-state index contributed by atoms with van der Waals surface area (Å²) in [5.74, 6) is 0.416. The first-order chi connectivity index (χ1) is 17.4. The highest BCUT2D eigenvalue weighted by atomic mass is 19.1. The molecule has 2 unspecified atom stereocenters. The van der Waals surface area contributed by atoms with E-state index in [-0.39, 0.29) is 24.4 Å². The van der Waals surface area contributed by atoms with Crippen LogP contribution >= 0.6 is 0 Å². The quantitative estimate of drug-likeness (QED) is 0.545. The molecule has 3 fully saturated rings. The molecule has 2 aliphatic heterocycles. The number of ether oxygens (including phenoxy) is 1. The van der Waals surface area contributed by atoms with Crippen molar-refractivity contribution < 1.29 is 24.1 Å². The highest BCUT2D eigenvalue weighted by Gasteiger charge is 2.95. The van der Waals surface area contributed by atoms with Crippen LogP contribution < -0.4 is 10.1 Å². The number of halogens is 1. The van der Waals surface area contributed by atoms with Gasteiger partial charge < -0.3 is 20.3 Å². The van der Waals surface area contributed by atoms with E-state index in [0.29, 0.717) is 31.7 Å². The lowest BCUT2D eigenvalue weighted by atomic mass is 9.41. The molecular formula is C29H29FN2O4. The number of nitrogens with zero attached hydrogens (tertiary/aromatic N) is 1. The molecule has 2 spiro atoms. The second kappa shape index (κ2) is 6.50. The minimum atomic E-state index is -1.39. The summed E-state index contributed by atoms with van der Waals surface area (Å²) >= 11 is 0. The molecule has 5 aliphatic carbocycles. The maximum atomic E-state index is 13.9. The van der Waals surface area contributed by atoms with Crippen molar-refractivity contribution in [3.8, 4) is 11.5 Å². The Kier molecular flexibility index (Phi) is 3.83. The van der Waals surface area contributed by atoms with Crippen LogP contribution in [0, 0.1) is 10.8 Å². The summed E-state index contributed by atoms with van der Waals surface area (Å²) in [6.45, 7) is 1.50. The first-order valence-corrected chi connectivity index (χ1v) is 13.0. The minimum absolute atomic E-state index is 0.0931. The fourth-order valence-corrected chi connectivity index (χ4v) is 9.17. The molecule has 1 amide bonds. The Morgan fingerprint density at radius 3 is 2.86 bits per heavy atom. The number of likely N-dealkylation sites (tertiary alicyclic amines) is 1. The summed E-state index contributed by atoms with van der Waals surface area (Å²) < 4.78 is 19.7. The predicted octanol–water partition coefficient (Wildman–Crippen LogP) is 2.76. The molecule has 6 nitrogen and oxygen atoms in total. The van der Waals surface area contributed by atoms with E-state index in [2.05, 4.69) is 16.3 Å². The van der Waals surface area contributed by atoms with Gasteiger partial charge in [0.15, 0.2) is 11.5 Å². The van der Waals surface area contributed by atoms with E-state index in [1.807, 2.05) is 36.4 Å². The standard InChI is InChI=1S/C29H29FN2O4/c30-10-4-11-32-12-9-27-22-18-7-8-19(33)23(22)36-24(27)29(35)20-14-26(27,21(32)13-18)16-28(20,29)25(34)31-15-17-5-2-1-3-6-17/h1-3,5-8,14,21,24,33,35H,4,9-13,15-16H2,(H,31,34)/t21?,24-,26-,27?,28-,29+/m1/s1. The number of hydrogen-bond donors (Lipinski definition) is 3. The van der Waals surface area contributed by atoms with Crippen LogP contribution in [0.25, 0.3) is 0 Å². The molecule has 9 rings (SSSR count).